The van der Waals surface area contributed by atoms with Crippen LogP contribution in [0.5, 0.6) is 0 Å². The van der Waals surface area contributed by atoms with E-state index in [1.54, 1.807) is 0 Å². The van der Waals surface area contributed by atoms with E-state index in [4.69, 9.17) is 5.73 Å². The van der Waals surface area contributed by atoms with E-state index in [-0.39, 0.29) is 0 Å². The Bertz CT molecular complexity index is 580. The molecule has 0 aromatic rings. The van der Waals surface area contributed by atoms with Gasteiger partial charge < -0.3 is 10.5 Å². The quantitative estimate of drug-likeness (QED) is 0.530. The Morgan fingerprint density at radius 3 is 2.17 bits per heavy atom. The molecule has 6 atom stereocenters. The summed E-state index contributed by atoms with van der Waals surface area (Å²) in [4.78, 5) is 24.2. The average molecular weight is 434 g/mol. The van der Waals surface area contributed by atoms with Crippen molar-refractivity contribution < 1.29 is 9.59 Å². The summed E-state index contributed by atoms with van der Waals surface area (Å²) in [6.07, 6.45) is 17.5. The largest absolute Gasteiger partial charge is 0.432 e. The number of ketones is 1. The zero-order valence-electron chi connectivity index (χ0n) is 19.7. The van der Waals surface area contributed by atoms with E-state index in [1.807, 2.05) is 0 Å². The summed E-state index contributed by atoms with van der Waals surface area (Å²) in [6, 6.07) is 0. The lowest BCUT2D eigenvalue weighted by Gasteiger charge is -2.47. The maximum absolute atomic E-state index is 13.4. The topological polar surface area (TPSA) is 63.3 Å². The lowest BCUT2D eigenvalue weighted by molar-refractivity contribution is -0.130. The van der Waals surface area contributed by atoms with Gasteiger partial charge in [0.25, 0.3) is 0 Å². The van der Waals surface area contributed by atoms with E-state index < -0.39 is 8.32 Å². The number of Topliss-reactive ketones (excluding diaryl/α,β-unsaturated/α-hetero) is 1. The molecule has 3 N–H and O–H groups in total. The summed E-state index contributed by atoms with van der Waals surface area (Å²) in [5.41, 5.74) is 6.53. The minimum atomic E-state index is -2.07. The van der Waals surface area contributed by atoms with E-state index >= 15 is 0 Å². The molecule has 4 heteroatoms. The first-order chi connectivity index (χ1) is 14.4. The molecule has 0 aliphatic heterocycles. The standard InChI is InChI=1S/C26H47NO2Si/c1-30(2,29)25-8-4-7-22-16-23(13-14-24(22)25)26(28)20-11-9-19(10-12-20)21-6-3-5-18(15-21)17-27/h18-25,29H,3-17,27H2,1-2H3. The van der Waals surface area contributed by atoms with Crippen molar-refractivity contribution in [1.82, 2.24) is 0 Å². The van der Waals surface area contributed by atoms with Gasteiger partial charge in [-0.25, -0.2) is 0 Å². The van der Waals surface area contributed by atoms with E-state index in [1.165, 1.54) is 64.2 Å². The van der Waals surface area contributed by atoms with Crippen LogP contribution in [0.15, 0.2) is 0 Å². The highest BCUT2D eigenvalue weighted by Crippen LogP contribution is 2.52. The second-order valence-electron chi connectivity index (χ2n) is 12.2. The van der Waals surface area contributed by atoms with Crippen molar-refractivity contribution >= 4 is 14.1 Å². The summed E-state index contributed by atoms with van der Waals surface area (Å²) in [5, 5.41) is 0. The van der Waals surface area contributed by atoms with Crippen LogP contribution >= 0.6 is 0 Å². The van der Waals surface area contributed by atoms with E-state index in [0.29, 0.717) is 35.0 Å². The second kappa shape index (κ2) is 9.75. The lowest BCUT2D eigenvalue weighted by atomic mass is 9.63. The fourth-order valence-electron chi connectivity index (χ4n) is 8.28. The molecule has 30 heavy (non-hydrogen) atoms. The van der Waals surface area contributed by atoms with Crippen molar-refractivity contribution in [2.45, 2.75) is 109 Å². The van der Waals surface area contributed by atoms with Crippen molar-refractivity contribution in [3.05, 3.63) is 0 Å². The summed E-state index contributed by atoms with van der Waals surface area (Å²) < 4.78 is 0. The monoisotopic (exact) mass is 433 g/mol. The first-order valence-electron chi connectivity index (χ1n) is 13.3. The number of hydrogen-bond acceptors (Lipinski definition) is 3. The van der Waals surface area contributed by atoms with E-state index in [2.05, 4.69) is 13.1 Å². The summed E-state index contributed by atoms with van der Waals surface area (Å²) in [6.45, 7) is 5.14. The number of rotatable bonds is 5. The molecular weight excluding hydrogens is 386 g/mol. The maximum Gasteiger partial charge on any atom is 0.185 e. The van der Waals surface area contributed by atoms with Gasteiger partial charge >= 0.3 is 0 Å². The van der Waals surface area contributed by atoms with Gasteiger partial charge in [-0.05, 0) is 113 Å². The van der Waals surface area contributed by atoms with Crippen molar-refractivity contribution in [3.63, 3.8) is 0 Å². The molecule has 0 amide bonds. The fraction of sp³-hybridized carbons (Fsp3) is 0.962. The number of nitrogens with two attached hydrogens (primary N) is 1. The normalized spacial score (nSPS) is 43.1. The lowest BCUT2D eigenvalue weighted by Crippen LogP contribution is -2.45. The van der Waals surface area contributed by atoms with Crippen molar-refractivity contribution in [3.8, 4) is 0 Å². The number of hydrogen-bond donors (Lipinski definition) is 2. The van der Waals surface area contributed by atoms with Crippen LogP contribution in [0.25, 0.3) is 0 Å². The number of carbonyl (C=O) groups excluding carboxylic acids is 1. The molecule has 6 unspecified atom stereocenters. The molecule has 3 nitrogen and oxygen atoms in total. The number of fused-ring (bicyclic) bond motifs is 1. The zero-order valence-corrected chi connectivity index (χ0v) is 20.7. The highest BCUT2D eigenvalue weighted by Gasteiger charge is 2.46. The van der Waals surface area contributed by atoms with Crippen LogP contribution in [0.2, 0.25) is 18.6 Å². The van der Waals surface area contributed by atoms with Gasteiger partial charge in [0.2, 0.25) is 0 Å². The van der Waals surface area contributed by atoms with Gasteiger partial charge in [0.1, 0.15) is 5.78 Å². The average Bonchev–Trinajstić information content (AvgIpc) is 2.77. The Morgan fingerprint density at radius 1 is 0.800 bits per heavy atom. The Balaban J connectivity index is 1.28. The van der Waals surface area contributed by atoms with Gasteiger partial charge in [-0.1, -0.05) is 32.1 Å². The first kappa shape index (κ1) is 23.0. The van der Waals surface area contributed by atoms with Crippen molar-refractivity contribution in [2.24, 2.45) is 47.2 Å². The Morgan fingerprint density at radius 2 is 1.47 bits per heavy atom. The molecule has 4 rings (SSSR count). The van der Waals surface area contributed by atoms with Gasteiger partial charge in [-0.3, -0.25) is 4.79 Å². The molecule has 0 aromatic heterocycles. The molecule has 0 saturated heterocycles. The third-order valence-electron chi connectivity index (χ3n) is 9.96. The van der Waals surface area contributed by atoms with Crippen molar-refractivity contribution in [1.29, 1.82) is 0 Å². The van der Waals surface area contributed by atoms with E-state index in [0.717, 1.165) is 50.0 Å². The first-order valence-corrected chi connectivity index (χ1v) is 16.4. The predicted octanol–water partition coefficient (Wildman–Crippen LogP) is 5.91. The Kier molecular flexibility index (Phi) is 7.47. The third kappa shape index (κ3) is 5.07. The van der Waals surface area contributed by atoms with Crippen LogP contribution < -0.4 is 5.73 Å². The van der Waals surface area contributed by atoms with Crippen LogP contribution in [0, 0.1) is 41.4 Å². The van der Waals surface area contributed by atoms with Gasteiger partial charge in [-0.15, -0.1) is 0 Å². The summed E-state index contributed by atoms with van der Waals surface area (Å²) in [7, 11) is -2.07. The van der Waals surface area contributed by atoms with Crippen LogP contribution in [0.4, 0.5) is 0 Å². The molecular formula is C26H47NO2Si. The van der Waals surface area contributed by atoms with Crippen LogP contribution in [0.3, 0.4) is 0 Å². The molecule has 0 aromatic carbocycles. The van der Waals surface area contributed by atoms with Gasteiger partial charge in [0, 0.05) is 11.8 Å². The molecule has 0 radical (unpaired) electrons. The van der Waals surface area contributed by atoms with Gasteiger partial charge in [0.05, 0.1) is 0 Å². The fourth-order valence-corrected chi connectivity index (χ4v) is 10.7. The van der Waals surface area contributed by atoms with Crippen LogP contribution in [0.1, 0.15) is 89.9 Å². The summed E-state index contributed by atoms with van der Waals surface area (Å²) >= 11 is 0. The molecule has 4 aliphatic carbocycles. The SMILES string of the molecule is C[Si](C)(O)C1CCCC2CC(C(=O)C3CCC(C4CCCC(CN)C4)CC3)CCC21. The Hall–Kier alpha value is -0.193. The zero-order chi connectivity index (χ0) is 21.3. The van der Waals surface area contributed by atoms with Crippen molar-refractivity contribution in [2.75, 3.05) is 6.54 Å². The van der Waals surface area contributed by atoms with Crippen LogP contribution in [-0.2, 0) is 4.79 Å². The molecule has 172 valence electrons. The maximum atomic E-state index is 13.4. The molecule has 0 heterocycles. The van der Waals surface area contributed by atoms with Gasteiger partial charge in [-0.2, -0.15) is 0 Å². The van der Waals surface area contributed by atoms with Crippen LogP contribution in [-0.4, -0.2) is 25.4 Å². The van der Waals surface area contributed by atoms with Gasteiger partial charge in [0.15, 0.2) is 8.32 Å². The predicted molar refractivity (Wildman–Crippen MR) is 127 cm³/mol. The second-order valence-corrected chi connectivity index (χ2v) is 16.2. The molecule has 4 aliphatic rings. The Labute approximate surface area is 186 Å². The minimum absolute atomic E-state index is 0.325. The number of carbonyl (C=O) groups is 1. The third-order valence-corrected chi connectivity index (χ3v) is 12.5. The highest BCUT2D eigenvalue weighted by atomic mass is 28.4. The molecule has 0 spiro atoms. The smallest absolute Gasteiger partial charge is 0.185 e. The molecule has 4 saturated carbocycles. The van der Waals surface area contributed by atoms with E-state index in [9.17, 15) is 9.59 Å². The summed E-state index contributed by atoms with van der Waals surface area (Å²) in [5.74, 6) is 5.19. The highest BCUT2D eigenvalue weighted by molar-refractivity contribution is 6.71. The molecule has 4 fully saturated rings. The molecule has 0 bridgehead atoms. The minimum Gasteiger partial charge on any atom is -0.432 e.